The van der Waals surface area contributed by atoms with Crippen LogP contribution in [-0.4, -0.2) is 15.1 Å². The van der Waals surface area contributed by atoms with Crippen LogP contribution < -0.4 is 0 Å². The van der Waals surface area contributed by atoms with Gasteiger partial charge in [0.1, 0.15) is 5.75 Å². The molecule has 3 nitrogen and oxygen atoms in total. The first-order chi connectivity index (χ1) is 9.65. The first-order valence-corrected chi connectivity index (χ1v) is 7.33. The highest BCUT2D eigenvalue weighted by molar-refractivity contribution is 5.59. The van der Waals surface area contributed by atoms with Gasteiger partial charge in [-0.25, -0.2) is 9.97 Å². The molecule has 0 amide bonds. The molecule has 104 valence electrons. The van der Waals surface area contributed by atoms with Gasteiger partial charge >= 0.3 is 0 Å². The Morgan fingerprint density at radius 3 is 2.70 bits per heavy atom. The van der Waals surface area contributed by atoms with Gasteiger partial charge in [0.25, 0.3) is 0 Å². The topological polar surface area (TPSA) is 46.0 Å². The standard InChI is InChI=1S/C17H20N2O/c1-11(2)14-8-7-12(9-16(14)20)17-18-10-13-5-3-4-6-15(13)19-17/h7-11,20H,3-6H2,1-2H3. The largest absolute Gasteiger partial charge is 0.508 e. The summed E-state index contributed by atoms with van der Waals surface area (Å²) in [6.45, 7) is 4.15. The van der Waals surface area contributed by atoms with Crippen molar-refractivity contribution in [2.75, 3.05) is 0 Å². The number of phenols is 1. The summed E-state index contributed by atoms with van der Waals surface area (Å²) in [5.74, 6) is 1.36. The van der Waals surface area contributed by atoms with Crippen molar-refractivity contribution in [3.63, 3.8) is 0 Å². The van der Waals surface area contributed by atoms with Crippen molar-refractivity contribution in [1.29, 1.82) is 0 Å². The molecule has 20 heavy (non-hydrogen) atoms. The zero-order valence-electron chi connectivity index (χ0n) is 12.1. The molecule has 3 rings (SSSR count). The summed E-state index contributed by atoms with van der Waals surface area (Å²) in [5, 5.41) is 10.1. The fourth-order valence-corrected chi connectivity index (χ4v) is 2.79. The van der Waals surface area contributed by atoms with E-state index in [1.165, 1.54) is 24.1 Å². The predicted molar refractivity (Wildman–Crippen MR) is 79.9 cm³/mol. The zero-order chi connectivity index (χ0) is 14.1. The smallest absolute Gasteiger partial charge is 0.159 e. The normalized spacial score (nSPS) is 14.3. The van der Waals surface area contributed by atoms with Crippen LogP contribution in [0, 0.1) is 0 Å². The molecule has 0 spiro atoms. The van der Waals surface area contributed by atoms with Gasteiger partial charge in [0, 0.05) is 17.5 Å². The number of aromatic hydroxyl groups is 1. The Bertz CT molecular complexity index is 635. The second kappa shape index (κ2) is 5.23. The molecule has 1 aromatic heterocycles. The Morgan fingerprint density at radius 2 is 1.95 bits per heavy atom. The molecule has 1 N–H and O–H groups in total. The number of hydrogen-bond donors (Lipinski definition) is 1. The van der Waals surface area contributed by atoms with Crippen molar-refractivity contribution < 1.29 is 5.11 Å². The maximum atomic E-state index is 10.1. The number of benzene rings is 1. The van der Waals surface area contributed by atoms with E-state index in [9.17, 15) is 5.11 Å². The second-order valence-corrected chi connectivity index (χ2v) is 5.80. The quantitative estimate of drug-likeness (QED) is 0.899. The molecule has 0 saturated heterocycles. The van der Waals surface area contributed by atoms with Crippen LogP contribution in [0.5, 0.6) is 5.75 Å². The maximum absolute atomic E-state index is 10.1. The van der Waals surface area contributed by atoms with E-state index in [2.05, 4.69) is 23.8 Å². The van der Waals surface area contributed by atoms with E-state index in [1.54, 1.807) is 6.07 Å². The van der Waals surface area contributed by atoms with Gasteiger partial charge in [-0.15, -0.1) is 0 Å². The van der Waals surface area contributed by atoms with E-state index in [4.69, 9.17) is 0 Å². The monoisotopic (exact) mass is 268 g/mol. The molecule has 3 heteroatoms. The van der Waals surface area contributed by atoms with Crippen molar-refractivity contribution in [2.24, 2.45) is 0 Å². The van der Waals surface area contributed by atoms with Gasteiger partial charge in [-0.3, -0.25) is 0 Å². The predicted octanol–water partition coefficient (Wildman–Crippen LogP) is 3.85. The molecular formula is C17H20N2O. The molecule has 0 unspecified atom stereocenters. The van der Waals surface area contributed by atoms with Gasteiger partial charge in [0.05, 0.1) is 0 Å². The highest BCUT2D eigenvalue weighted by atomic mass is 16.3. The Balaban J connectivity index is 1.99. The average molecular weight is 268 g/mol. The van der Waals surface area contributed by atoms with E-state index in [0.717, 1.165) is 29.8 Å². The first-order valence-electron chi connectivity index (χ1n) is 7.33. The van der Waals surface area contributed by atoms with Gasteiger partial charge in [-0.05, 0) is 48.8 Å². The fraction of sp³-hybridized carbons (Fsp3) is 0.412. The summed E-state index contributed by atoms with van der Waals surface area (Å²) >= 11 is 0. The third-order valence-corrected chi connectivity index (χ3v) is 3.97. The second-order valence-electron chi connectivity index (χ2n) is 5.80. The number of aromatic nitrogens is 2. The lowest BCUT2D eigenvalue weighted by Crippen LogP contribution is -2.07. The Morgan fingerprint density at radius 1 is 1.15 bits per heavy atom. The summed E-state index contributed by atoms with van der Waals surface area (Å²) in [5.41, 5.74) is 4.31. The summed E-state index contributed by atoms with van der Waals surface area (Å²) in [4.78, 5) is 9.13. The first kappa shape index (κ1) is 13.1. The molecule has 1 aromatic carbocycles. The maximum Gasteiger partial charge on any atom is 0.159 e. The lowest BCUT2D eigenvalue weighted by molar-refractivity contribution is 0.465. The number of aryl methyl sites for hydroxylation is 2. The van der Waals surface area contributed by atoms with E-state index in [1.807, 2.05) is 18.3 Å². The van der Waals surface area contributed by atoms with Crippen LogP contribution in [0.2, 0.25) is 0 Å². The van der Waals surface area contributed by atoms with Crippen molar-refractivity contribution >= 4 is 0 Å². The molecule has 0 radical (unpaired) electrons. The molecule has 0 fully saturated rings. The number of rotatable bonds is 2. The lowest BCUT2D eigenvalue weighted by atomic mass is 9.97. The highest BCUT2D eigenvalue weighted by Gasteiger charge is 2.14. The molecule has 0 bridgehead atoms. The molecule has 0 aliphatic heterocycles. The molecule has 1 aliphatic rings. The average Bonchev–Trinajstić information content (AvgIpc) is 2.46. The molecular weight excluding hydrogens is 248 g/mol. The molecule has 0 atom stereocenters. The molecule has 0 saturated carbocycles. The summed E-state index contributed by atoms with van der Waals surface area (Å²) in [6.07, 6.45) is 6.53. The van der Waals surface area contributed by atoms with Gasteiger partial charge < -0.3 is 5.11 Å². The van der Waals surface area contributed by atoms with Crippen LogP contribution in [0.15, 0.2) is 24.4 Å². The minimum Gasteiger partial charge on any atom is -0.508 e. The van der Waals surface area contributed by atoms with Crippen LogP contribution >= 0.6 is 0 Å². The Labute approximate surface area is 119 Å². The summed E-state index contributed by atoms with van der Waals surface area (Å²) in [7, 11) is 0. The van der Waals surface area contributed by atoms with E-state index >= 15 is 0 Å². The van der Waals surface area contributed by atoms with Crippen molar-refractivity contribution in [2.45, 2.75) is 45.4 Å². The van der Waals surface area contributed by atoms with Crippen LogP contribution in [0.4, 0.5) is 0 Å². The van der Waals surface area contributed by atoms with Crippen molar-refractivity contribution in [3.05, 3.63) is 41.2 Å². The van der Waals surface area contributed by atoms with Gasteiger partial charge in [0.15, 0.2) is 5.82 Å². The summed E-state index contributed by atoms with van der Waals surface area (Å²) in [6, 6.07) is 5.75. The van der Waals surface area contributed by atoms with Crippen molar-refractivity contribution in [1.82, 2.24) is 9.97 Å². The summed E-state index contributed by atoms with van der Waals surface area (Å²) < 4.78 is 0. The third-order valence-electron chi connectivity index (χ3n) is 3.97. The Hall–Kier alpha value is -1.90. The minimum atomic E-state index is 0.313. The molecule has 1 aliphatic carbocycles. The van der Waals surface area contributed by atoms with Gasteiger partial charge in [-0.1, -0.05) is 26.0 Å². The minimum absolute atomic E-state index is 0.313. The SMILES string of the molecule is CC(C)c1ccc(-c2ncc3c(n2)CCCC3)cc1O. The van der Waals surface area contributed by atoms with Crippen molar-refractivity contribution in [3.8, 4) is 17.1 Å². The van der Waals surface area contributed by atoms with Gasteiger partial charge in [-0.2, -0.15) is 0 Å². The number of phenolic OH excluding ortho intramolecular Hbond substituents is 1. The van der Waals surface area contributed by atoms with E-state index in [0.29, 0.717) is 11.7 Å². The van der Waals surface area contributed by atoms with E-state index < -0.39 is 0 Å². The van der Waals surface area contributed by atoms with Crippen LogP contribution in [-0.2, 0) is 12.8 Å². The van der Waals surface area contributed by atoms with Crippen LogP contribution in [0.1, 0.15) is 49.4 Å². The van der Waals surface area contributed by atoms with E-state index in [-0.39, 0.29) is 0 Å². The van der Waals surface area contributed by atoms with Crippen LogP contribution in [0.25, 0.3) is 11.4 Å². The lowest BCUT2D eigenvalue weighted by Gasteiger charge is -2.15. The number of fused-ring (bicyclic) bond motifs is 1. The number of nitrogens with zero attached hydrogens (tertiary/aromatic N) is 2. The zero-order valence-corrected chi connectivity index (χ0v) is 12.1. The fourth-order valence-electron chi connectivity index (χ4n) is 2.79. The highest BCUT2D eigenvalue weighted by Crippen LogP contribution is 2.30. The Kier molecular flexibility index (Phi) is 3.43. The molecule has 2 aromatic rings. The molecule has 1 heterocycles. The number of hydrogen-bond acceptors (Lipinski definition) is 3. The van der Waals surface area contributed by atoms with Gasteiger partial charge in [0.2, 0.25) is 0 Å². The third kappa shape index (κ3) is 2.40. The van der Waals surface area contributed by atoms with Crippen LogP contribution in [0.3, 0.4) is 0 Å².